The van der Waals surface area contributed by atoms with Gasteiger partial charge in [0.1, 0.15) is 17.3 Å². The summed E-state index contributed by atoms with van der Waals surface area (Å²) >= 11 is 0. The molecule has 4 rings (SSSR count). The van der Waals surface area contributed by atoms with Crippen molar-refractivity contribution in [3.05, 3.63) is 95.1 Å². The van der Waals surface area contributed by atoms with Crippen LogP contribution in [0.4, 0.5) is 5.69 Å². The summed E-state index contributed by atoms with van der Waals surface area (Å²) in [4.78, 5) is 28.1. The van der Waals surface area contributed by atoms with Crippen LogP contribution in [0.2, 0.25) is 0 Å². The predicted molar refractivity (Wildman–Crippen MR) is 127 cm³/mol. The van der Waals surface area contributed by atoms with Crippen LogP contribution in [0.1, 0.15) is 29.7 Å². The Hall–Kier alpha value is -4.06. The van der Waals surface area contributed by atoms with E-state index in [9.17, 15) is 14.7 Å². The lowest BCUT2D eigenvalue weighted by Gasteiger charge is -2.27. The van der Waals surface area contributed by atoms with Crippen LogP contribution in [0.5, 0.6) is 11.5 Å². The molecule has 1 saturated heterocycles. The molecule has 1 unspecified atom stereocenters. The monoisotopic (exact) mass is 443 g/mol. The molecule has 33 heavy (non-hydrogen) atoms. The van der Waals surface area contributed by atoms with Gasteiger partial charge in [0.2, 0.25) is 0 Å². The fourth-order valence-electron chi connectivity index (χ4n) is 4.16. The Kier molecular flexibility index (Phi) is 6.18. The van der Waals surface area contributed by atoms with Crippen LogP contribution in [0.3, 0.4) is 0 Å². The maximum atomic E-state index is 13.3. The molecule has 1 N–H and O–H groups in total. The molecule has 0 spiro atoms. The number of hydrogen-bond acceptors (Lipinski definition) is 5. The minimum Gasteiger partial charge on any atom is -0.507 e. The molecule has 1 heterocycles. The van der Waals surface area contributed by atoms with E-state index in [1.165, 1.54) is 12.0 Å². The number of aryl methyl sites for hydroxylation is 1. The second kappa shape index (κ2) is 9.20. The van der Waals surface area contributed by atoms with E-state index in [1.807, 2.05) is 44.2 Å². The minimum absolute atomic E-state index is 0.00130. The van der Waals surface area contributed by atoms with Gasteiger partial charge in [-0.05, 0) is 55.3 Å². The molecule has 0 bridgehead atoms. The number of hydrogen-bond donors (Lipinski definition) is 1. The van der Waals surface area contributed by atoms with Gasteiger partial charge in [-0.15, -0.1) is 0 Å². The molecule has 1 aliphatic heterocycles. The maximum Gasteiger partial charge on any atom is 0.300 e. The standard InChI is InChI=1S/C27H25NO5/c1-4-33-19-12-9-11-18(16-19)24-23(25(29)20-13-6-8-15-22(20)32-3)26(30)27(31)28(24)21-14-7-5-10-17(21)2/h5-16,24,29H,4H2,1-3H3/b25-23-. The number of rotatable bonds is 6. The van der Waals surface area contributed by atoms with Crippen molar-refractivity contribution in [2.24, 2.45) is 0 Å². The number of Topliss-reactive ketones (excluding diaryl/α,β-unsaturated/α-hetero) is 1. The van der Waals surface area contributed by atoms with Gasteiger partial charge >= 0.3 is 0 Å². The molecule has 0 aromatic heterocycles. The largest absolute Gasteiger partial charge is 0.507 e. The first-order valence-corrected chi connectivity index (χ1v) is 10.7. The predicted octanol–water partition coefficient (Wildman–Crippen LogP) is 5.03. The molecule has 3 aromatic rings. The zero-order chi connectivity index (χ0) is 23.5. The highest BCUT2D eigenvalue weighted by Crippen LogP contribution is 2.44. The summed E-state index contributed by atoms with van der Waals surface area (Å²) in [6.45, 7) is 4.24. The van der Waals surface area contributed by atoms with E-state index in [1.54, 1.807) is 42.5 Å². The van der Waals surface area contributed by atoms with Crippen molar-refractivity contribution >= 4 is 23.1 Å². The van der Waals surface area contributed by atoms with Gasteiger partial charge in [-0.25, -0.2) is 0 Å². The SMILES string of the molecule is CCOc1cccc(C2/C(=C(/O)c3ccccc3OC)C(=O)C(=O)N2c2ccccc2C)c1. The van der Waals surface area contributed by atoms with Gasteiger partial charge < -0.3 is 14.6 Å². The molecule has 0 saturated carbocycles. The Morgan fingerprint density at radius 1 is 1.00 bits per heavy atom. The highest BCUT2D eigenvalue weighted by atomic mass is 16.5. The first-order chi connectivity index (χ1) is 16.0. The van der Waals surface area contributed by atoms with Gasteiger partial charge in [0.25, 0.3) is 11.7 Å². The van der Waals surface area contributed by atoms with Gasteiger partial charge in [0, 0.05) is 5.69 Å². The summed E-state index contributed by atoms with van der Waals surface area (Å²) in [7, 11) is 1.49. The van der Waals surface area contributed by atoms with E-state index in [4.69, 9.17) is 9.47 Å². The molecule has 1 aliphatic rings. The van der Waals surface area contributed by atoms with Crippen LogP contribution in [-0.4, -0.2) is 30.5 Å². The van der Waals surface area contributed by atoms with E-state index in [2.05, 4.69) is 0 Å². The van der Waals surface area contributed by atoms with Crippen molar-refractivity contribution in [1.82, 2.24) is 0 Å². The molecule has 0 radical (unpaired) electrons. The zero-order valence-electron chi connectivity index (χ0n) is 18.7. The Labute approximate surface area is 192 Å². The van der Waals surface area contributed by atoms with Gasteiger partial charge in [0.15, 0.2) is 0 Å². The summed E-state index contributed by atoms with van der Waals surface area (Å²) < 4.78 is 11.0. The third kappa shape index (κ3) is 3.96. The molecule has 0 aliphatic carbocycles. The quantitative estimate of drug-likeness (QED) is 0.329. The summed E-state index contributed by atoms with van der Waals surface area (Å²) in [5.41, 5.74) is 2.43. The Bertz CT molecular complexity index is 1250. The van der Waals surface area contributed by atoms with Crippen molar-refractivity contribution in [1.29, 1.82) is 0 Å². The second-order valence-corrected chi connectivity index (χ2v) is 7.66. The Morgan fingerprint density at radius 2 is 1.73 bits per heavy atom. The first-order valence-electron chi connectivity index (χ1n) is 10.7. The molecule has 6 nitrogen and oxygen atoms in total. The lowest BCUT2D eigenvalue weighted by molar-refractivity contribution is -0.132. The average Bonchev–Trinajstić information content (AvgIpc) is 3.09. The van der Waals surface area contributed by atoms with Crippen molar-refractivity contribution in [3.63, 3.8) is 0 Å². The number of ketones is 1. The Balaban J connectivity index is 1.99. The number of aliphatic hydroxyl groups is 1. The number of anilines is 1. The zero-order valence-corrected chi connectivity index (χ0v) is 18.7. The molecule has 3 aromatic carbocycles. The average molecular weight is 443 g/mol. The number of amides is 1. The van der Waals surface area contributed by atoms with Crippen LogP contribution in [0, 0.1) is 6.92 Å². The molecule has 1 amide bonds. The number of nitrogens with zero attached hydrogens (tertiary/aromatic N) is 1. The van der Waals surface area contributed by atoms with Crippen molar-refractivity contribution in [3.8, 4) is 11.5 Å². The summed E-state index contributed by atoms with van der Waals surface area (Å²) in [5.74, 6) is -0.726. The van der Waals surface area contributed by atoms with Gasteiger partial charge in [-0.3, -0.25) is 14.5 Å². The fourth-order valence-corrected chi connectivity index (χ4v) is 4.16. The summed E-state index contributed by atoms with van der Waals surface area (Å²) in [5, 5.41) is 11.3. The van der Waals surface area contributed by atoms with E-state index in [-0.39, 0.29) is 11.3 Å². The molecule has 1 fully saturated rings. The van der Waals surface area contributed by atoms with Crippen molar-refractivity contribution in [2.45, 2.75) is 19.9 Å². The highest BCUT2D eigenvalue weighted by molar-refractivity contribution is 6.51. The van der Waals surface area contributed by atoms with E-state index in [0.29, 0.717) is 34.9 Å². The molecular formula is C27H25NO5. The normalized spacial score (nSPS) is 17.3. The number of carbonyl (C=O) groups is 2. The molecule has 168 valence electrons. The van der Waals surface area contributed by atoms with Crippen LogP contribution in [0.15, 0.2) is 78.4 Å². The molecular weight excluding hydrogens is 418 g/mol. The summed E-state index contributed by atoms with van der Waals surface area (Å²) in [6, 6.07) is 20.6. The second-order valence-electron chi connectivity index (χ2n) is 7.66. The number of carbonyl (C=O) groups excluding carboxylic acids is 2. The van der Waals surface area contributed by atoms with E-state index >= 15 is 0 Å². The number of methoxy groups -OCH3 is 1. The van der Waals surface area contributed by atoms with Crippen LogP contribution in [-0.2, 0) is 9.59 Å². The summed E-state index contributed by atoms with van der Waals surface area (Å²) in [6.07, 6.45) is 0. The number of aliphatic hydroxyl groups excluding tert-OH is 1. The van der Waals surface area contributed by atoms with Gasteiger partial charge in [0.05, 0.1) is 30.9 Å². The van der Waals surface area contributed by atoms with Crippen LogP contribution < -0.4 is 14.4 Å². The fraction of sp³-hybridized carbons (Fsp3) is 0.185. The smallest absolute Gasteiger partial charge is 0.300 e. The van der Waals surface area contributed by atoms with Crippen LogP contribution >= 0.6 is 0 Å². The first kappa shape index (κ1) is 22.1. The highest BCUT2D eigenvalue weighted by Gasteiger charge is 2.47. The number of ether oxygens (including phenoxy) is 2. The number of benzene rings is 3. The van der Waals surface area contributed by atoms with Gasteiger partial charge in [-0.2, -0.15) is 0 Å². The van der Waals surface area contributed by atoms with Crippen LogP contribution in [0.25, 0.3) is 5.76 Å². The molecule has 6 heteroatoms. The van der Waals surface area contributed by atoms with E-state index in [0.717, 1.165) is 5.56 Å². The maximum absolute atomic E-state index is 13.3. The van der Waals surface area contributed by atoms with Gasteiger partial charge in [-0.1, -0.05) is 42.5 Å². The lowest BCUT2D eigenvalue weighted by atomic mass is 9.94. The molecule has 1 atom stereocenters. The number of para-hydroxylation sites is 2. The minimum atomic E-state index is -0.837. The lowest BCUT2D eigenvalue weighted by Crippen LogP contribution is -2.30. The van der Waals surface area contributed by atoms with Crippen molar-refractivity contribution in [2.75, 3.05) is 18.6 Å². The third-order valence-electron chi connectivity index (χ3n) is 5.67. The van der Waals surface area contributed by atoms with E-state index < -0.39 is 17.7 Å². The Morgan fingerprint density at radius 3 is 2.45 bits per heavy atom. The van der Waals surface area contributed by atoms with Crippen molar-refractivity contribution < 1.29 is 24.2 Å². The topological polar surface area (TPSA) is 76.1 Å². The third-order valence-corrected chi connectivity index (χ3v) is 5.67.